The fourth-order valence-corrected chi connectivity index (χ4v) is 3.92. The predicted octanol–water partition coefficient (Wildman–Crippen LogP) is 3.78. The molecule has 0 saturated carbocycles. The van der Waals surface area contributed by atoms with Gasteiger partial charge in [0.2, 0.25) is 11.6 Å². The van der Waals surface area contributed by atoms with Gasteiger partial charge in [0.25, 0.3) is 5.88 Å². The van der Waals surface area contributed by atoms with Crippen molar-refractivity contribution in [2.45, 2.75) is 26.9 Å². The Bertz CT molecular complexity index is 1640. The Balaban J connectivity index is 1.47. The zero-order valence-electron chi connectivity index (χ0n) is 20.2. The van der Waals surface area contributed by atoms with Gasteiger partial charge >= 0.3 is 5.69 Å². The van der Waals surface area contributed by atoms with Crippen LogP contribution in [0.25, 0.3) is 16.7 Å². The van der Waals surface area contributed by atoms with E-state index >= 15 is 0 Å². The molecule has 5 aromatic rings. The number of aromatic nitrogens is 4. The number of amides is 1. The van der Waals surface area contributed by atoms with Crippen LogP contribution in [0.15, 0.2) is 71.5 Å². The van der Waals surface area contributed by atoms with E-state index < -0.39 is 5.69 Å². The third-order valence-corrected chi connectivity index (χ3v) is 6.08. The maximum absolute atomic E-state index is 13.3. The number of methoxy groups -OCH3 is 1. The summed E-state index contributed by atoms with van der Waals surface area (Å²) < 4.78 is 13.9. The van der Waals surface area contributed by atoms with Gasteiger partial charge in [0.1, 0.15) is 18.0 Å². The smallest absolute Gasteiger partial charge is 0.351 e. The third-order valence-electron chi connectivity index (χ3n) is 6.08. The minimum Gasteiger partial charge on any atom is -0.497 e. The fraction of sp³-hybridized carbons (Fsp3) is 0.185. The standard InChI is InChI=1S/C27H25N5O4/c1-17-7-6-10-23(18(17)2)36-26-25-30-31(27(34)32(25)22-9-5-4-8-21(22)29-26)16-24(33)28-15-19-11-13-20(35-3)14-12-19/h4-14H,15-16H2,1-3H3,(H,28,33). The second kappa shape index (κ2) is 9.53. The highest BCUT2D eigenvalue weighted by molar-refractivity contribution is 5.80. The number of carbonyl (C=O) groups is 1. The lowest BCUT2D eigenvalue weighted by Crippen LogP contribution is -2.32. The van der Waals surface area contributed by atoms with E-state index in [9.17, 15) is 9.59 Å². The lowest BCUT2D eigenvalue weighted by molar-refractivity contribution is -0.122. The third kappa shape index (κ3) is 4.38. The first kappa shape index (κ1) is 23.1. The average molecular weight is 484 g/mol. The Labute approximate surface area is 206 Å². The van der Waals surface area contributed by atoms with Crippen molar-refractivity contribution in [2.24, 2.45) is 0 Å². The van der Waals surface area contributed by atoms with Crippen LogP contribution in [-0.4, -0.2) is 32.2 Å². The van der Waals surface area contributed by atoms with E-state index in [-0.39, 0.29) is 24.0 Å². The molecule has 0 bridgehead atoms. The molecular formula is C27H25N5O4. The molecule has 0 atom stereocenters. The first-order valence-electron chi connectivity index (χ1n) is 11.5. The van der Waals surface area contributed by atoms with Crippen LogP contribution in [-0.2, 0) is 17.9 Å². The van der Waals surface area contributed by atoms with Gasteiger partial charge in [-0.15, -0.1) is 5.10 Å². The minimum atomic E-state index is -0.450. The molecule has 2 aromatic heterocycles. The van der Waals surface area contributed by atoms with Gasteiger partial charge < -0.3 is 14.8 Å². The van der Waals surface area contributed by atoms with Crippen LogP contribution in [0.4, 0.5) is 0 Å². The molecule has 36 heavy (non-hydrogen) atoms. The molecule has 0 spiro atoms. The number of hydrogen-bond donors (Lipinski definition) is 1. The van der Waals surface area contributed by atoms with Crippen molar-refractivity contribution in [3.05, 3.63) is 93.9 Å². The van der Waals surface area contributed by atoms with Gasteiger partial charge in [0.15, 0.2) is 0 Å². The van der Waals surface area contributed by atoms with Gasteiger partial charge in [-0.1, -0.05) is 36.4 Å². The summed E-state index contributed by atoms with van der Waals surface area (Å²) in [5, 5.41) is 7.26. The topological polar surface area (TPSA) is 99.8 Å². The second-order valence-corrected chi connectivity index (χ2v) is 8.43. The number of para-hydroxylation sites is 2. The Morgan fingerprint density at radius 1 is 1.00 bits per heavy atom. The van der Waals surface area contributed by atoms with Gasteiger partial charge in [0, 0.05) is 6.54 Å². The SMILES string of the molecule is COc1ccc(CNC(=O)Cn2nc3c(Oc4cccc(C)c4C)nc4ccccc4n3c2=O)cc1. The Morgan fingerprint density at radius 2 is 1.78 bits per heavy atom. The van der Waals surface area contributed by atoms with Crippen LogP contribution >= 0.6 is 0 Å². The van der Waals surface area contributed by atoms with Gasteiger partial charge in [-0.25, -0.2) is 18.9 Å². The summed E-state index contributed by atoms with van der Waals surface area (Å²) in [6.07, 6.45) is 0. The van der Waals surface area contributed by atoms with Crippen molar-refractivity contribution in [1.29, 1.82) is 0 Å². The number of hydrogen-bond acceptors (Lipinski definition) is 6. The van der Waals surface area contributed by atoms with Crippen molar-refractivity contribution >= 4 is 22.6 Å². The quantitative estimate of drug-likeness (QED) is 0.378. The summed E-state index contributed by atoms with van der Waals surface area (Å²) in [6, 6.07) is 20.4. The summed E-state index contributed by atoms with van der Waals surface area (Å²) >= 11 is 0. The van der Waals surface area contributed by atoms with Gasteiger partial charge in [-0.05, 0) is 60.9 Å². The predicted molar refractivity (Wildman–Crippen MR) is 136 cm³/mol. The van der Waals surface area contributed by atoms with Crippen LogP contribution in [0.1, 0.15) is 16.7 Å². The maximum atomic E-state index is 13.3. The molecule has 0 radical (unpaired) electrons. The lowest BCUT2D eigenvalue weighted by Gasteiger charge is -2.11. The molecule has 9 heteroatoms. The van der Waals surface area contributed by atoms with E-state index in [2.05, 4.69) is 15.4 Å². The molecule has 0 unspecified atom stereocenters. The van der Waals surface area contributed by atoms with E-state index in [0.29, 0.717) is 23.3 Å². The van der Waals surface area contributed by atoms with Crippen LogP contribution in [0.2, 0.25) is 0 Å². The van der Waals surface area contributed by atoms with E-state index in [1.165, 1.54) is 4.40 Å². The normalized spacial score (nSPS) is 11.1. The molecule has 0 aliphatic heterocycles. The summed E-state index contributed by atoms with van der Waals surface area (Å²) in [7, 11) is 1.60. The highest BCUT2D eigenvalue weighted by atomic mass is 16.5. The fourth-order valence-electron chi connectivity index (χ4n) is 3.92. The van der Waals surface area contributed by atoms with E-state index in [0.717, 1.165) is 27.1 Å². The van der Waals surface area contributed by atoms with Crippen LogP contribution in [0, 0.1) is 13.8 Å². The van der Waals surface area contributed by atoms with Crippen LogP contribution < -0.4 is 20.5 Å². The number of fused-ring (bicyclic) bond motifs is 3. The number of carbonyl (C=O) groups excluding carboxylic acids is 1. The highest BCUT2D eigenvalue weighted by Gasteiger charge is 2.19. The minimum absolute atomic E-state index is 0.192. The summed E-state index contributed by atoms with van der Waals surface area (Å²) in [5.41, 5.74) is 3.89. The molecule has 0 saturated heterocycles. The van der Waals surface area contributed by atoms with Crippen LogP contribution in [0.3, 0.4) is 0 Å². The zero-order chi connectivity index (χ0) is 25.2. The zero-order valence-corrected chi connectivity index (χ0v) is 20.2. The summed E-state index contributed by atoms with van der Waals surface area (Å²) in [6.45, 7) is 4.03. The summed E-state index contributed by atoms with van der Waals surface area (Å²) in [5.74, 6) is 1.21. The number of nitrogens with one attached hydrogen (secondary N) is 1. The largest absolute Gasteiger partial charge is 0.497 e. The van der Waals surface area contributed by atoms with Crippen molar-refractivity contribution < 1.29 is 14.3 Å². The second-order valence-electron chi connectivity index (χ2n) is 8.43. The molecule has 1 N–H and O–H groups in total. The number of ether oxygens (including phenoxy) is 2. The van der Waals surface area contributed by atoms with Gasteiger partial charge in [0.05, 0.1) is 18.1 Å². The first-order valence-corrected chi connectivity index (χ1v) is 11.5. The summed E-state index contributed by atoms with van der Waals surface area (Å²) in [4.78, 5) is 30.6. The number of rotatable bonds is 7. The molecule has 0 aliphatic carbocycles. The molecular weight excluding hydrogens is 458 g/mol. The first-order chi connectivity index (χ1) is 17.4. The molecule has 0 aliphatic rings. The lowest BCUT2D eigenvalue weighted by atomic mass is 10.1. The highest BCUT2D eigenvalue weighted by Crippen LogP contribution is 2.29. The van der Waals surface area contributed by atoms with Gasteiger partial charge in [-0.2, -0.15) is 0 Å². The number of benzene rings is 3. The number of nitrogens with zero attached hydrogens (tertiary/aromatic N) is 4. The monoisotopic (exact) mass is 483 g/mol. The maximum Gasteiger partial charge on any atom is 0.351 e. The Kier molecular flexibility index (Phi) is 6.12. The molecule has 0 fully saturated rings. The van der Waals surface area contributed by atoms with Gasteiger partial charge in [-0.3, -0.25) is 4.79 Å². The average Bonchev–Trinajstić information content (AvgIpc) is 3.22. The Hall–Kier alpha value is -4.66. The Morgan fingerprint density at radius 3 is 2.56 bits per heavy atom. The number of aryl methyl sites for hydroxylation is 1. The van der Waals surface area contributed by atoms with Crippen molar-refractivity contribution in [1.82, 2.24) is 24.5 Å². The van der Waals surface area contributed by atoms with Crippen molar-refractivity contribution in [2.75, 3.05) is 7.11 Å². The molecule has 5 rings (SSSR count). The van der Waals surface area contributed by atoms with Crippen molar-refractivity contribution in [3.63, 3.8) is 0 Å². The van der Waals surface area contributed by atoms with E-state index in [1.807, 2.05) is 68.4 Å². The molecule has 182 valence electrons. The van der Waals surface area contributed by atoms with E-state index in [4.69, 9.17) is 9.47 Å². The van der Waals surface area contributed by atoms with Crippen molar-refractivity contribution in [3.8, 4) is 17.4 Å². The molecule has 3 aromatic carbocycles. The molecule has 2 heterocycles. The van der Waals surface area contributed by atoms with Crippen LogP contribution in [0.5, 0.6) is 17.4 Å². The molecule has 9 nitrogen and oxygen atoms in total. The molecule has 1 amide bonds. The van der Waals surface area contributed by atoms with E-state index in [1.54, 1.807) is 19.2 Å².